The molecule has 1 aliphatic carbocycles. The standard InChI is InChI=1S/C15H29N3O/c1-12-10-17(2)7-8-18(12)11-15-6-5-14(19-15)9-16-13-3-4-13/h12-16H,3-11H2,1-2H3. The summed E-state index contributed by atoms with van der Waals surface area (Å²) in [5.74, 6) is 0. The van der Waals surface area contributed by atoms with Gasteiger partial charge >= 0.3 is 0 Å². The van der Waals surface area contributed by atoms with Crippen molar-refractivity contribution in [1.29, 1.82) is 0 Å². The first kappa shape index (κ1) is 13.8. The van der Waals surface area contributed by atoms with Crippen molar-refractivity contribution in [3.05, 3.63) is 0 Å². The van der Waals surface area contributed by atoms with Crippen LogP contribution in [0.2, 0.25) is 0 Å². The van der Waals surface area contributed by atoms with Crippen LogP contribution in [-0.4, -0.2) is 73.9 Å². The van der Waals surface area contributed by atoms with Gasteiger partial charge in [0.05, 0.1) is 12.2 Å². The SMILES string of the molecule is CC1CN(C)CCN1CC1CCC(CNC2CC2)O1. The predicted octanol–water partition coefficient (Wildman–Crippen LogP) is 0.922. The van der Waals surface area contributed by atoms with Crippen molar-refractivity contribution in [1.82, 2.24) is 15.1 Å². The van der Waals surface area contributed by atoms with Crippen molar-refractivity contribution < 1.29 is 4.74 Å². The van der Waals surface area contributed by atoms with Gasteiger partial charge in [0.1, 0.15) is 0 Å². The second kappa shape index (κ2) is 6.08. The molecule has 3 aliphatic rings. The molecule has 3 rings (SSSR count). The van der Waals surface area contributed by atoms with Gasteiger partial charge in [0.15, 0.2) is 0 Å². The molecule has 2 heterocycles. The molecule has 3 fully saturated rings. The minimum atomic E-state index is 0.466. The largest absolute Gasteiger partial charge is 0.372 e. The van der Waals surface area contributed by atoms with Crippen LogP contribution in [0.4, 0.5) is 0 Å². The van der Waals surface area contributed by atoms with Crippen molar-refractivity contribution in [2.45, 2.75) is 56.9 Å². The molecule has 2 aliphatic heterocycles. The topological polar surface area (TPSA) is 27.7 Å². The summed E-state index contributed by atoms with van der Waals surface area (Å²) in [5.41, 5.74) is 0. The van der Waals surface area contributed by atoms with Crippen molar-refractivity contribution in [3.8, 4) is 0 Å². The Balaban J connectivity index is 1.38. The van der Waals surface area contributed by atoms with E-state index >= 15 is 0 Å². The Morgan fingerprint density at radius 1 is 1.11 bits per heavy atom. The minimum absolute atomic E-state index is 0.466. The van der Waals surface area contributed by atoms with Crippen LogP contribution in [0.25, 0.3) is 0 Å². The number of piperazine rings is 1. The Hall–Kier alpha value is -0.160. The fourth-order valence-corrected chi connectivity index (χ4v) is 3.36. The maximum atomic E-state index is 6.20. The van der Waals surface area contributed by atoms with E-state index in [2.05, 4.69) is 29.1 Å². The lowest BCUT2D eigenvalue weighted by Crippen LogP contribution is -2.52. The zero-order valence-corrected chi connectivity index (χ0v) is 12.5. The van der Waals surface area contributed by atoms with E-state index < -0.39 is 0 Å². The van der Waals surface area contributed by atoms with Crippen molar-refractivity contribution in [2.24, 2.45) is 0 Å². The third-order valence-corrected chi connectivity index (χ3v) is 4.81. The predicted molar refractivity (Wildman–Crippen MR) is 77.5 cm³/mol. The van der Waals surface area contributed by atoms with Gasteiger partial charge in [-0.1, -0.05) is 0 Å². The highest BCUT2D eigenvalue weighted by molar-refractivity contribution is 4.86. The average molecular weight is 267 g/mol. The van der Waals surface area contributed by atoms with Crippen LogP contribution >= 0.6 is 0 Å². The van der Waals surface area contributed by atoms with E-state index in [4.69, 9.17) is 4.74 Å². The summed E-state index contributed by atoms with van der Waals surface area (Å²) in [4.78, 5) is 5.04. The summed E-state index contributed by atoms with van der Waals surface area (Å²) in [6.45, 7) is 8.14. The van der Waals surface area contributed by atoms with E-state index in [1.54, 1.807) is 0 Å². The molecule has 3 atom stereocenters. The number of hydrogen-bond donors (Lipinski definition) is 1. The van der Waals surface area contributed by atoms with Crippen LogP contribution in [0.3, 0.4) is 0 Å². The Labute approximate surface area is 117 Å². The van der Waals surface area contributed by atoms with Gasteiger partial charge in [0, 0.05) is 44.8 Å². The fourth-order valence-electron chi connectivity index (χ4n) is 3.36. The smallest absolute Gasteiger partial charge is 0.0707 e. The third-order valence-electron chi connectivity index (χ3n) is 4.81. The van der Waals surface area contributed by atoms with E-state index in [0.717, 1.165) is 19.1 Å². The average Bonchev–Trinajstić information content (AvgIpc) is 3.10. The monoisotopic (exact) mass is 267 g/mol. The Bertz CT molecular complexity index is 295. The van der Waals surface area contributed by atoms with Crippen LogP contribution in [0.1, 0.15) is 32.6 Å². The van der Waals surface area contributed by atoms with Crippen LogP contribution < -0.4 is 5.32 Å². The highest BCUT2D eigenvalue weighted by Crippen LogP contribution is 2.24. The van der Waals surface area contributed by atoms with Crippen molar-refractivity contribution in [3.63, 3.8) is 0 Å². The lowest BCUT2D eigenvalue weighted by molar-refractivity contribution is 0.000936. The number of ether oxygens (including phenoxy) is 1. The molecule has 1 saturated carbocycles. The summed E-state index contributed by atoms with van der Waals surface area (Å²) >= 11 is 0. The first-order valence-electron chi connectivity index (χ1n) is 8.02. The second-order valence-electron chi connectivity index (χ2n) is 6.75. The summed E-state index contributed by atoms with van der Waals surface area (Å²) < 4.78 is 6.20. The van der Waals surface area contributed by atoms with Gasteiger partial charge in [-0.25, -0.2) is 0 Å². The van der Waals surface area contributed by atoms with Gasteiger partial charge in [-0.3, -0.25) is 4.90 Å². The summed E-state index contributed by atoms with van der Waals surface area (Å²) in [6, 6.07) is 1.48. The van der Waals surface area contributed by atoms with Crippen molar-refractivity contribution in [2.75, 3.05) is 39.8 Å². The molecule has 0 radical (unpaired) electrons. The molecule has 0 spiro atoms. The molecule has 3 unspecified atom stereocenters. The molecule has 0 aromatic rings. The van der Waals surface area contributed by atoms with Crippen LogP contribution in [-0.2, 0) is 4.74 Å². The molecule has 4 nitrogen and oxygen atoms in total. The zero-order chi connectivity index (χ0) is 13.2. The van der Waals surface area contributed by atoms with E-state index in [0.29, 0.717) is 18.2 Å². The third kappa shape index (κ3) is 3.91. The number of rotatable bonds is 5. The lowest BCUT2D eigenvalue weighted by atomic mass is 10.1. The molecule has 0 aromatic carbocycles. The summed E-state index contributed by atoms with van der Waals surface area (Å²) in [5, 5.41) is 3.59. The lowest BCUT2D eigenvalue weighted by Gasteiger charge is -2.39. The molecule has 110 valence electrons. The highest BCUT2D eigenvalue weighted by atomic mass is 16.5. The van der Waals surface area contributed by atoms with E-state index in [1.807, 2.05) is 0 Å². The molecule has 0 amide bonds. The maximum absolute atomic E-state index is 6.20. The Morgan fingerprint density at radius 3 is 2.63 bits per heavy atom. The molecule has 19 heavy (non-hydrogen) atoms. The summed E-state index contributed by atoms with van der Waals surface area (Å²) in [7, 11) is 2.22. The van der Waals surface area contributed by atoms with E-state index in [9.17, 15) is 0 Å². The number of likely N-dealkylation sites (N-methyl/N-ethyl adjacent to an activating group) is 1. The van der Waals surface area contributed by atoms with Gasteiger partial charge in [-0.15, -0.1) is 0 Å². The van der Waals surface area contributed by atoms with Gasteiger partial charge < -0.3 is 15.0 Å². The molecular weight excluding hydrogens is 238 g/mol. The van der Waals surface area contributed by atoms with Crippen LogP contribution in [0.15, 0.2) is 0 Å². The molecular formula is C15H29N3O. The first-order chi connectivity index (χ1) is 9.20. The van der Waals surface area contributed by atoms with Gasteiger partial charge in [0.25, 0.3) is 0 Å². The van der Waals surface area contributed by atoms with Gasteiger partial charge in [-0.2, -0.15) is 0 Å². The normalized spacial score (nSPS) is 37.9. The quantitative estimate of drug-likeness (QED) is 0.802. The maximum Gasteiger partial charge on any atom is 0.0707 e. The second-order valence-corrected chi connectivity index (χ2v) is 6.75. The summed E-state index contributed by atoms with van der Waals surface area (Å²) in [6.07, 6.45) is 6.16. The first-order valence-corrected chi connectivity index (χ1v) is 8.02. The Kier molecular flexibility index (Phi) is 4.42. The van der Waals surface area contributed by atoms with Gasteiger partial charge in [0.2, 0.25) is 0 Å². The molecule has 2 saturated heterocycles. The number of nitrogens with one attached hydrogen (secondary N) is 1. The van der Waals surface area contributed by atoms with E-state index in [1.165, 1.54) is 45.3 Å². The highest BCUT2D eigenvalue weighted by Gasteiger charge is 2.31. The van der Waals surface area contributed by atoms with Crippen LogP contribution in [0.5, 0.6) is 0 Å². The van der Waals surface area contributed by atoms with Gasteiger partial charge in [-0.05, 0) is 39.7 Å². The molecule has 0 aromatic heterocycles. The van der Waals surface area contributed by atoms with E-state index in [-0.39, 0.29) is 0 Å². The zero-order valence-electron chi connectivity index (χ0n) is 12.5. The fraction of sp³-hybridized carbons (Fsp3) is 1.00. The molecule has 1 N–H and O–H groups in total. The minimum Gasteiger partial charge on any atom is -0.372 e. The number of nitrogens with zero attached hydrogens (tertiary/aromatic N) is 2. The molecule has 0 bridgehead atoms. The van der Waals surface area contributed by atoms with Crippen molar-refractivity contribution >= 4 is 0 Å². The Morgan fingerprint density at radius 2 is 1.89 bits per heavy atom. The number of hydrogen-bond acceptors (Lipinski definition) is 4. The molecule has 4 heteroatoms. The van der Waals surface area contributed by atoms with Crippen LogP contribution in [0, 0.1) is 0 Å².